The first-order valence-corrected chi connectivity index (χ1v) is 12.6. The summed E-state index contributed by atoms with van der Waals surface area (Å²) in [6.07, 6.45) is 5.36. The average Bonchev–Trinajstić information content (AvgIpc) is 3.69. The molecule has 2 aromatic carbocycles. The fourth-order valence-corrected chi connectivity index (χ4v) is 5.17. The number of hydrogen-bond acceptors (Lipinski definition) is 5. The molecule has 0 bridgehead atoms. The number of benzene rings is 2. The third kappa shape index (κ3) is 6.39. The quantitative estimate of drug-likeness (QED) is 0.445. The number of aliphatic hydroxyl groups is 2. The molecule has 0 radical (unpaired) electrons. The van der Waals surface area contributed by atoms with Crippen LogP contribution < -0.4 is 34.7 Å². The first-order valence-electron chi connectivity index (χ1n) is 12.6. The van der Waals surface area contributed by atoms with Gasteiger partial charge in [0, 0.05) is 35.9 Å². The summed E-state index contributed by atoms with van der Waals surface area (Å²) < 4.78 is 13.9. The van der Waals surface area contributed by atoms with Gasteiger partial charge in [-0.15, -0.1) is 0 Å². The number of carboxylic acids is 1. The van der Waals surface area contributed by atoms with Gasteiger partial charge in [0.15, 0.2) is 0 Å². The molecule has 0 spiro atoms. The number of halogens is 1. The normalized spacial score (nSPS) is 16.3. The van der Waals surface area contributed by atoms with Gasteiger partial charge in [-0.05, 0) is 66.5 Å². The van der Waals surface area contributed by atoms with Crippen LogP contribution in [0.15, 0.2) is 54.6 Å². The van der Waals surface area contributed by atoms with Crippen LogP contribution >= 0.6 is 0 Å². The summed E-state index contributed by atoms with van der Waals surface area (Å²) in [5, 5.41) is 31.2. The molecule has 1 heterocycles. The van der Waals surface area contributed by atoms with Crippen LogP contribution in [0.1, 0.15) is 60.4 Å². The number of hydrogen-bond donors (Lipinski definition) is 2. The van der Waals surface area contributed by atoms with Gasteiger partial charge in [0.05, 0.1) is 23.6 Å². The number of rotatable bonds is 8. The Balaban J connectivity index is 0.00000320. The van der Waals surface area contributed by atoms with Crippen molar-refractivity contribution in [3.63, 3.8) is 0 Å². The molecule has 37 heavy (non-hydrogen) atoms. The minimum absolute atomic E-state index is 0. The van der Waals surface area contributed by atoms with Crippen LogP contribution in [-0.4, -0.2) is 33.4 Å². The van der Waals surface area contributed by atoms with Crippen molar-refractivity contribution in [1.82, 2.24) is 4.98 Å². The summed E-state index contributed by atoms with van der Waals surface area (Å²) in [4.78, 5) is 16.0. The van der Waals surface area contributed by atoms with Crippen molar-refractivity contribution in [2.45, 2.75) is 63.1 Å². The minimum atomic E-state index is -1.36. The van der Waals surface area contributed by atoms with Gasteiger partial charge in [0.2, 0.25) is 0 Å². The van der Waals surface area contributed by atoms with Crippen molar-refractivity contribution in [3.05, 3.63) is 82.8 Å². The summed E-state index contributed by atoms with van der Waals surface area (Å²) in [7, 11) is 0. The van der Waals surface area contributed by atoms with Crippen LogP contribution in [0.2, 0.25) is 0 Å². The average molecular weight is 510 g/mol. The second-order valence-corrected chi connectivity index (χ2v) is 9.80. The number of fused-ring (bicyclic) bond motifs is 3. The number of carbonyl (C=O) groups is 1. The number of aromatic nitrogens is 1. The van der Waals surface area contributed by atoms with Crippen molar-refractivity contribution in [2.24, 2.45) is 0 Å². The molecule has 2 aliphatic rings. The monoisotopic (exact) mass is 509 g/mol. The van der Waals surface area contributed by atoms with Crippen LogP contribution in [0.4, 0.5) is 4.39 Å². The second-order valence-electron chi connectivity index (χ2n) is 9.80. The Labute approximate surface area is 238 Å². The zero-order valence-electron chi connectivity index (χ0n) is 21.0. The molecule has 1 fully saturated rings. The van der Waals surface area contributed by atoms with E-state index in [1.54, 1.807) is 18.2 Å². The molecular formula is C30H29FNNaO4. The van der Waals surface area contributed by atoms with Crippen molar-refractivity contribution in [2.75, 3.05) is 0 Å². The molecular weight excluding hydrogens is 480 g/mol. The van der Waals surface area contributed by atoms with Crippen LogP contribution in [0.5, 0.6) is 0 Å². The molecule has 0 aliphatic heterocycles. The Hall–Kier alpha value is -2.35. The van der Waals surface area contributed by atoms with Crippen LogP contribution in [0, 0.1) is 5.82 Å². The maximum atomic E-state index is 13.9. The van der Waals surface area contributed by atoms with Gasteiger partial charge in [-0.25, -0.2) is 4.39 Å². The van der Waals surface area contributed by atoms with E-state index in [0.717, 1.165) is 71.3 Å². The number of carbonyl (C=O) groups excluding carboxylic acids is 1. The van der Waals surface area contributed by atoms with Crippen molar-refractivity contribution >= 4 is 12.0 Å². The molecule has 2 atom stereocenters. The van der Waals surface area contributed by atoms with Crippen molar-refractivity contribution in [3.8, 4) is 22.4 Å². The second kappa shape index (κ2) is 12.0. The van der Waals surface area contributed by atoms with E-state index in [0.29, 0.717) is 5.92 Å². The predicted octanol–water partition coefficient (Wildman–Crippen LogP) is 1.19. The summed E-state index contributed by atoms with van der Waals surface area (Å²) in [5.74, 6) is -1.35. The third-order valence-corrected chi connectivity index (χ3v) is 7.01. The Kier molecular flexibility index (Phi) is 8.98. The summed E-state index contributed by atoms with van der Waals surface area (Å²) in [6, 6.07) is 14.9. The van der Waals surface area contributed by atoms with E-state index in [9.17, 15) is 24.5 Å². The van der Waals surface area contributed by atoms with Gasteiger partial charge in [0.1, 0.15) is 5.82 Å². The smallest absolute Gasteiger partial charge is 0.550 e. The summed E-state index contributed by atoms with van der Waals surface area (Å²) in [6.45, 7) is 0. The Morgan fingerprint density at radius 1 is 1.11 bits per heavy atom. The fourth-order valence-electron chi connectivity index (χ4n) is 5.17. The molecule has 2 N–H and O–H groups in total. The van der Waals surface area contributed by atoms with E-state index in [1.165, 1.54) is 17.7 Å². The number of carboxylic acid groups (broad SMARTS) is 1. The molecule has 5 rings (SSSR count). The van der Waals surface area contributed by atoms with E-state index in [-0.39, 0.29) is 41.8 Å². The largest absolute Gasteiger partial charge is 1.00 e. The standard InChI is InChI=1S/C30H30FNO4.Na/c31-21-12-10-19(11-13-21)28-25-7-3-5-18-4-1-2-6-24(18)30(25)32-29(20-8-9-20)26(28)15-14-22(33)16-23(34)17-27(35)36;/h1-2,4,6,10-15,20,22-23,33-34H,3,5,7-9,16-17H2,(H,35,36);/q;+1/p-1/b15-14+;/t22-,23-;/m1./s1. The number of aryl methyl sites for hydroxylation is 1. The number of aliphatic hydroxyl groups excluding tert-OH is 2. The van der Waals surface area contributed by atoms with E-state index >= 15 is 0 Å². The van der Waals surface area contributed by atoms with Gasteiger partial charge in [-0.2, -0.15) is 0 Å². The van der Waals surface area contributed by atoms with Gasteiger partial charge in [-0.3, -0.25) is 4.98 Å². The molecule has 1 aromatic heterocycles. The Bertz CT molecular complexity index is 1300. The molecule has 2 aliphatic carbocycles. The molecule has 186 valence electrons. The number of nitrogens with zero attached hydrogens (tertiary/aromatic N) is 1. The first-order chi connectivity index (χ1) is 17.4. The Morgan fingerprint density at radius 2 is 1.84 bits per heavy atom. The van der Waals surface area contributed by atoms with E-state index in [2.05, 4.69) is 18.2 Å². The SMILES string of the molecule is O=C([O-])C[C@H](O)C[C@H](O)/C=C/c1c(C2CC2)nc2c(c1-c1ccc(F)cc1)CCCc1ccccc1-2.[Na+]. The van der Waals surface area contributed by atoms with Crippen molar-refractivity contribution in [1.29, 1.82) is 0 Å². The fraction of sp³-hybridized carbons (Fsp3) is 0.333. The van der Waals surface area contributed by atoms with Gasteiger partial charge >= 0.3 is 29.6 Å². The molecule has 3 aromatic rings. The molecule has 0 amide bonds. The third-order valence-electron chi connectivity index (χ3n) is 7.01. The zero-order chi connectivity index (χ0) is 25.2. The first kappa shape index (κ1) is 27.7. The molecule has 7 heteroatoms. The van der Waals surface area contributed by atoms with Crippen molar-refractivity contribution < 1.29 is 54.1 Å². The van der Waals surface area contributed by atoms with Gasteiger partial charge in [-0.1, -0.05) is 48.6 Å². The van der Waals surface area contributed by atoms with E-state index < -0.39 is 24.6 Å². The maximum absolute atomic E-state index is 13.9. The summed E-state index contributed by atoms with van der Waals surface area (Å²) in [5.41, 5.74) is 8.25. The number of aliphatic carboxylic acids is 1. The Morgan fingerprint density at radius 3 is 2.54 bits per heavy atom. The number of pyridine rings is 1. The maximum Gasteiger partial charge on any atom is 1.00 e. The van der Waals surface area contributed by atoms with Gasteiger partial charge in [0.25, 0.3) is 0 Å². The van der Waals surface area contributed by atoms with Crippen LogP contribution in [0.25, 0.3) is 28.5 Å². The molecule has 1 saturated carbocycles. The zero-order valence-corrected chi connectivity index (χ0v) is 23.0. The molecule has 5 nitrogen and oxygen atoms in total. The van der Waals surface area contributed by atoms with Crippen LogP contribution in [0.3, 0.4) is 0 Å². The minimum Gasteiger partial charge on any atom is -0.550 e. The molecule has 0 unspecified atom stereocenters. The molecule has 0 saturated heterocycles. The van der Waals surface area contributed by atoms with Crippen LogP contribution in [-0.2, 0) is 17.6 Å². The summed E-state index contributed by atoms with van der Waals surface area (Å²) >= 11 is 0. The van der Waals surface area contributed by atoms with E-state index in [1.807, 2.05) is 12.1 Å². The van der Waals surface area contributed by atoms with E-state index in [4.69, 9.17) is 4.98 Å². The van der Waals surface area contributed by atoms with Gasteiger partial charge < -0.3 is 20.1 Å². The predicted molar refractivity (Wildman–Crippen MR) is 134 cm³/mol. The topological polar surface area (TPSA) is 93.5 Å².